The van der Waals surface area contributed by atoms with Crippen molar-refractivity contribution in [1.82, 2.24) is 31.5 Å². The molecule has 0 bridgehead atoms. The first-order chi connectivity index (χ1) is 27.5. The molecule has 58 heavy (non-hydrogen) atoms. The lowest BCUT2D eigenvalue weighted by atomic mass is 9.94. The van der Waals surface area contributed by atoms with Gasteiger partial charge >= 0.3 is 5.97 Å². The first-order valence-corrected chi connectivity index (χ1v) is 20.4. The molecule has 0 aromatic heterocycles. The molecule has 0 aliphatic carbocycles. The first-order valence-electron chi connectivity index (χ1n) is 20.4. The van der Waals surface area contributed by atoms with Gasteiger partial charge in [0.25, 0.3) is 0 Å². The summed E-state index contributed by atoms with van der Waals surface area (Å²) in [6.45, 7) is 12.5. The molecule has 15 heteroatoms. The summed E-state index contributed by atoms with van der Waals surface area (Å²) in [4.78, 5) is 95.0. The largest absolute Gasteiger partial charge is 0.480 e. The van der Waals surface area contributed by atoms with E-state index in [4.69, 9.17) is 5.73 Å². The van der Waals surface area contributed by atoms with Gasteiger partial charge in [-0.1, -0.05) is 115 Å². The third kappa shape index (κ3) is 13.4. The van der Waals surface area contributed by atoms with Gasteiger partial charge in [-0.05, 0) is 55.1 Å². The first kappa shape index (κ1) is 47.1. The van der Waals surface area contributed by atoms with Crippen LogP contribution in [0.3, 0.4) is 0 Å². The predicted octanol–water partition coefficient (Wildman–Crippen LogP) is 2.07. The maximum atomic E-state index is 13.8. The number of aliphatic carboxylic acids is 1. The summed E-state index contributed by atoms with van der Waals surface area (Å²) in [5.74, 6) is -5.78. The van der Waals surface area contributed by atoms with Crippen molar-refractivity contribution < 1.29 is 38.7 Å². The van der Waals surface area contributed by atoms with E-state index in [-0.39, 0.29) is 31.2 Å². The van der Waals surface area contributed by atoms with Crippen molar-refractivity contribution >= 4 is 41.4 Å². The van der Waals surface area contributed by atoms with Crippen molar-refractivity contribution in [1.29, 1.82) is 0 Å². The topological polar surface area (TPSA) is 229 Å². The fraction of sp³-hybridized carbons (Fsp3) is 0.558. The number of carboxylic acids is 1. The minimum Gasteiger partial charge on any atom is -0.480 e. The summed E-state index contributed by atoms with van der Waals surface area (Å²) in [6.07, 6.45) is 2.27. The summed E-state index contributed by atoms with van der Waals surface area (Å²) >= 11 is 0. The lowest BCUT2D eigenvalue weighted by molar-refractivity contribution is -0.150. The maximum Gasteiger partial charge on any atom is 0.326 e. The monoisotopic (exact) mass is 805 g/mol. The summed E-state index contributed by atoms with van der Waals surface area (Å²) < 4.78 is 0. The van der Waals surface area contributed by atoms with Crippen molar-refractivity contribution in [3.05, 3.63) is 71.8 Å². The molecule has 1 aliphatic rings. The molecular weight excluding hydrogens is 743 g/mol. The van der Waals surface area contributed by atoms with E-state index in [2.05, 4.69) is 26.6 Å². The highest BCUT2D eigenvalue weighted by Crippen LogP contribution is 2.22. The van der Waals surface area contributed by atoms with Gasteiger partial charge < -0.3 is 42.3 Å². The number of carbonyl (C=O) groups is 7. The Morgan fingerprint density at radius 1 is 0.655 bits per heavy atom. The van der Waals surface area contributed by atoms with Gasteiger partial charge in [0, 0.05) is 13.0 Å². The molecule has 1 heterocycles. The zero-order valence-electron chi connectivity index (χ0n) is 34.8. The minimum atomic E-state index is -1.14. The van der Waals surface area contributed by atoms with E-state index in [1.165, 1.54) is 11.8 Å². The zero-order chi connectivity index (χ0) is 43.1. The fourth-order valence-electron chi connectivity index (χ4n) is 6.83. The molecule has 1 fully saturated rings. The highest BCUT2D eigenvalue weighted by molar-refractivity contribution is 5.97. The molecule has 1 saturated heterocycles. The van der Waals surface area contributed by atoms with Crippen LogP contribution in [0, 0.1) is 17.8 Å². The summed E-state index contributed by atoms with van der Waals surface area (Å²) in [5.41, 5.74) is 7.88. The average molecular weight is 806 g/mol. The van der Waals surface area contributed by atoms with E-state index in [9.17, 15) is 38.7 Å². The number of hydrogen-bond acceptors (Lipinski definition) is 8. The minimum absolute atomic E-state index is 0.127. The van der Waals surface area contributed by atoms with Gasteiger partial charge in [-0.15, -0.1) is 0 Å². The third-order valence-corrected chi connectivity index (χ3v) is 10.9. The predicted molar refractivity (Wildman–Crippen MR) is 220 cm³/mol. The standard InChI is InChI=1S/C43H63N7O8/c1-8-26(5)35(41(55)49-36(27(6)9-2)42(56)50-22-16-21-33(50)43(57)58)48-37(51)28(7)45-40(54)34(25(3)4)47-39(53)32(24-30-19-14-11-15-20-30)46-38(52)31(44)23-29-17-12-10-13-18-29/h10-15,17-20,25-28,31-36H,8-9,16,21-24,44H2,1-7H3,(H,45,54)(H,46,52)(H,47,53)(H,48,51)(H,49,55)(H,57,58)/t26-,27-,28-,31-,32-,33-,34-,35-,36-/m0/s1. The van der Waals surface area contributed by atoms with E-state index in [0.717, 1.165) is 11.1 Å². The van der Waals surface area contributed by atoms with E-state index >= 15 is 0 Å². The Labute approximate surface area is 342 Å². The Hall–Kier alpha value is -5.31. The van der Waals surface area contributed by atoms with Gasteiger partial charge in [0.1, 0.15) is 36.3 Å². The lowest BCUT2D eigenvalue weighted by Crippen LogP contribution is -2.61. The van der Waals surface area contributed by atoms with Crippen LogP contribution in [0.2, 0.25) is 0 Å². The van der Waals surface area contributed by atoms with E-state index in [0.29, 0.717) is 25.7 Å². The molecular formula is C43H63N7O8. The lowest BCUT2D eigenvalue weighted by Gasteiger charge is -2.33. The number of rotatable bonds is 21. The summed E-state index contributed by atoms with van der Waals surface area (Å²) in [6, 6.07) is 11.0. The smallest absolute Gasteiger partial charge is 0.326 e. The number of nitrogens with one attached hydrogen (secondary N) is 5. The van der Waals surface area contributed by atoms with Gasteiger partial charge in [0.15, 0.2) is 0 Å². The number of hydrogen-bond donors (Lipinski definition) is 7. The number of nitrogens with two attached hydrogens (primary N) is 1. The molecule has 318 valence electrons. The van der Waals surface area contributed by atoms with E-state index in [1.807, 2.05) is 74.5 Å². The van der Waals surface area contributed by atoms with Gasteiger partial charge in [-0.3, -0.25) is 28.8 Å². The molecule has 0 spiro atoms. The second-order valence-electron chi connectivity index (χ2n) is 15.8. The quantitative estimate of drug-likeness (QED) is 0.0979. The highest BCUT2D eigenvalue weighted by Gasteiger charge is 2.41. The average Bonchev–Trinajstić information content (AvgIpc) is 3.71. The third-order valence-electron chi connectivity index (χ3n) is 10.9. The number of benzene rings is 2. The molecule has 0 unspecified atom stereocenters. The van der Waals surface area contributed by atoms with E-state index in [1.54, 1.807) is 27.7 Å². The van der Waals surface area contributed by atoms with Gasteiger partial charge in [-0.2, -0.15) is 0 Å². The Kier molecular flexibility index (Phi) is 18.3. The molecule has 2 aromatic rings. The Morgan fingerprint density at radius 3 is 1.69 bits per heavy atom. The number of carbonyl (C=O) groups excluding carboxylic acids is 6. The van der Waals surface area contributed by atoms with Gasteiger partial charge in [0.05, 0.1) is 6.04 Å². The molecule has 9 atom stereocenters. The van der Waals surface area contributed by atoms with Crippen LogP contribution in [0.5, 0.6) is 0 Å². The van der Waals surface area contributed by atoms with Gasteiger partial charge in [0.2, 0.25) is 35.4 Å². The Balaban J connectivity index is 1.72. The highest BCUT2D eigenvalue weighted by atomic mass is 16.4. The van der Waals surface area contributed by atoms with Crippen LogP contribution >= 0.6 is 0 Å². The molecule has 3 rings (SSSR count). The molecule has 0 radical (unpaired) electrons. The SMILES string of the molecule is CC[C@H](C)[C@H](NC(=O)[C@H](C)NC(=O)[C@@H](NC(=O)[C@H](Cc1ccccc1)NC(=O)[C@@H](N)Cc1ccccc1)C(C)C)C(=O)N[C@H](C(=O)N1CCC[C@H]1C(=O)O)[C@@H](C)CC. The summed E-state index contributed by atoms with van der Waals surface area (Å²) in [5, 5.41) is 23.4. The molecule has 0 saturated carbocycles. The van der Waals surface area contributed by atoms with Crippen LogP contribution in [0.25, 0.3) is 0 Å². The number of nitrogens with zero attached hydrogens (tertiary/aromatic N) is 1. The van der Waals surface area contributed by atoms with Gasteiger partial charge in [-0.25, -0.2) is 4.79 Å². The zero-order valence-corrected chi connectivity index (χ0v) is 34.8. The van der Waals surface area contributed by atoms with Crippen LogP contribution in [0.1, 0.15) is 85.3 Å². The fourth-order valence-corrected chi connectivity index (χ4v) is 6.83. The maximum absolute atomic E-state index is 13.8. The second kappa shape index (κ2) is 22.6. The van der Waals surface area contributed by atoms with Crippen LogP contribution in [0.4, 0.5) is 0 Å². The van der Waals surface area contributed by atoms with Crippen LogP contribution < -0.4 is 32.3 Å². The number of likely N-dealkylation sites (tertiary alicyclic amines) is 1. The molecule has 2 aromatic carbocycles. The van der Waals surface area contributed by atoms with Crippen molar-refractivity contribution in [3.8, 4) is 0 Å². The van der Waals surface area contributed by atoms with Crippen molar-refractivity contribution in [2.75, 3.05) is 6.54 Å². The van der Waals surface area contributed by atoms with Crippen molar-refractivity contribution in [3.63, 3.8) is 0 Å². The molecule has 6 amide bonds. The second-order valence-corrected chi connectivity index (χ2v) is 15.8. The van der Waals surface area contributed by atoms with Crippen LogP contribution in [-0.2, 0) is 46.4 Å². The molecule has 8 N–H and O–H groups in total. The number of amides is 6. The van der Waals surface area contributed by atoms with Crippen LogP contribution in [-0.4, -0.2) is 100 Å². The van der Waals surface area contributed by atoms with Crippen molar-refractivity contribution in [2.24, 2.45) is 23.5 Å². The van der Waals surface area contributed by atoms with Crippen molar-refractivity contribution in [2.45, 2.75) is 129 Å². The van der Waals surface area contributed by atoms with E-state index < -0.39 is 89.6 Å². The Bertz CT molecular complexity index is 1710. The Morgan fingerprint density at radius 2 is 1.16 bits per heavy atom. The number of carboxylic acid groups (broad SMARTS) is 1. The summed E-state index contributed by atoms with van der Waals surface area (Å²) in [7, 11) is 0. The molecule has 15 nitrogen and oxygen atoms in total. The van der Waals surface area contributed by atoms with Crippen LogP contribution in [0.15, 0.2) is 60.7 Å². The normalized spacial score (nSPS) is 18.0. The molecule has 1 aliphatic heterocycles.